The first-order valence-corrected chi connectivity index (χ1v) is 10.0. The first-order chi connectivity index (χ1) is 9.44. The van der Waals surface area contributed by atoms with Crippen LogP contribution in [0.4, 0.5) is 0 Å². The summed E-state index contributed by atoms with van der Waals surface area (Å²) in [5.41, 5.74) is 1.22. The van der Waals surface area contributed by atoms with Crippen molar-refractivity contribution < 1.29 is 9.53 Å². The lowest BCUT2D eigenvalue weighted by atomic mass is 10.1. The van der Waals surface area contributed by atoms with Gasteiger partial charge >= 0.3 is 6.20 Å². The van der Waals surface area contributed by atoms with Crippen molar-refractivity contribution in [1.82, 2.24) is 0 Å². The number of rotatable bonds is 9. The summed E-state index contributed by atoms with van der Waals surface area (Å²) in [5.74, 6) is 1.18. The number of allylic oxidation sites excluding steroid dienone is 3. The lowest BCUT2D eigenvalue weighted by Crippen LogP contribution is -2.35. The Kier molecular flexibility index (Phi) is 8.98. The summed E-state index contributed by atoms with van der Waals surface area (Å²) < 4.78 is 6.43. The molecule has 4 nitrogen and oxygen atoms in total. The van der Waals surface area contributed by atoms with Crippen LogP contribution < -0.4 is 0 Å². The average Bonchev–Trinajstić information content (AvgIpc) is 2.43. The zero-order valence-electron chi connectivity index (χ0n) is 13.6. The second kappa shape index (κ2) is 9.59. The van der Waals surface area contributed by atoms with Crippen LogP contribution in [0.1, 0.15) is 53.9 Å². The number of aliphatic hydroxyl groups is 1. The summed E-state index contributed by atoms with van der Waals surface area (Å²) >= 11 is 0. The Labute approximate surface area is 124 Å². The highest BCUT2D eigenvalue weighted by molar-refractivity contribution is 6.73. The van der Waals surface area contributed by atoms with E-state index in [4.69, 9.17) is 9.82 Å². The van der Waals surface area contributed by atoms with Crippen LogP contribution in [0.2, 0.25) is 18.1 Å². The van der Waals surface area contributed by atoms with Crippen molar-refractivity contribution in [3.05, 3.63) is 28.3 Å². The van der Waals surface area contributed by atoms with Gasteiger partial charge < -0.3 is 9.53 Å². The predicted octanol–water partition coefficient (Wildman–Crippen LogP) is 5.72. The Morgan fingerprint density at radius 1 is 1.15 bits per heavy atom. The van der Waals surface area contributed by atoms with Crippen molar-refractivity contribution in [3.8, 4) is 0 Å². The smallest absolute Gasteiger partial charge is 0.387 e. The lowest BCUT2D eigenvalue weighted by molar-refractivity contribution is 0.355. The second-order valence-corrected chi connectivity index (χ2v) is 10.0. The molecule has 0 heterocycles. The zero-order chi connectivity index (χ0) is 15.6. The van der Waals surface area contributed by atoms with Gasteiger partial charge in [-0.3, -0.25) is 0 Å². The van der Waals surface area contributed by atoms with E-state index >= 15 is 0 Å². The monoisotopic (exact) mass is 297 g/mol. The Morgan fingerprint density at radius 2 is 1.70 bits per heavy atom. The molecule has 0 aliphatic rings. The van der Waals surface area contributed by atoms with Crippen molar-refractivity contribution in [3.63, 3.8) is 0 Å². The minimum absolute atomic E-state index is 0.102. The van der Waals surface area contributed by atoms with Gasteiger partial charge in [0.25, 0.3) is 0 Å². The van der Waals surface area contributed by atoms with Crippen LogP contribution >= 0.6 is 0 Å². The highest BCUT2D eigenvalue weighted by Crippen LogP contribution is 2.28. The third-order valence-corrected chi connectivity index (χ3v) is 8.42. The summed E-state index contributed by atoms with van der Waals surface area (Å²) in [6.45, 7) is 10.8. The maximum atomic E-state index is 9.43. The van der Waals surface area contributed by atoms with Crippen LogP contribution in [0, 0.1) is 5.39 Å². The van der Waals surface area contributed by atoms with Gasteiger partial charge in [-0.25, -0.2) is 0 Å². The molecular weight excluding hydrogens is 268 g/mol. The number of diazo groups is 1. The van der Waals surface area contributed by atoms with E-state index in [9.17, 15) is 5.11 Å². The fraction of sp³-hybridized carbons (Fsp3) is 0.733. The van der Waals surface area contributed by atoms with E-state index in [-0.39, 0.29) is 5.76 Å². The molecule has 0 saturated heterocycles. The van der Waals surface area contributed by atoms with Crippen LogP contribution in [0.25, 0.3) is 4.98 Å². The average molecular weight is 297 g/mol. The van der Waals surface area contributed by atoms with Crippen LogP contribution in [0.3, 0.4) is 0 Å². The minimum Gasteiger partial charge on any atom is -0.547 e. The molecular formula is C15H29N2O2Si+. The number of hydrogen-bond acceptors (Lipinski definition) is 3. The van der Waals surface area contributed by atoms with Gasteiger partial charge in [-0.1, -0.05) is 20.8 Å². The zero-order valence-corrected chi connectivity index (χ0v) is 14.6. The van der Waals surface area contributed by atoms with Crippen molar-refractivity contribution >= 4 is 8.32 Å². The molecule has 0 atom stereocenters. The van der Waals surface area contributed by atoms with E-state index in [1.165, 1.54) is 5.57 Å². The first kappa shape index (κ1) is 18.7. The lowest BCUT2D eigenvalue weighted by Gasteiger charge is -2.31. The van der Waals surface area contributed by atoms with E-state index in [0.29, 0.717) is 6.42 Å². The van der Waals surface area contributed by atoms with E-state index in [2.05, 4.69) is 39.6 Å². The number of nitrogens with zero attached hydrogens (tertiary/aromatic N) is 2. The molecule has 0 aliphatic carbocycles. The molecule has 0 aromatic heterocycles. The molecule has 0 rings (SSSR count). The van der Waals surface area contributed by atoms with E-state index in [1.807, 2.05) is 0 Å². The maximum Gasteiger partial charge on any atom is 0.387 e. The normalized spacial score (nSPS) is 11.9. The fourth-order valence-electron chi connectivity index (χ4n) is 2.19. The Bertz CT molecular complexity index is 381. The predicted molar refractivity (Wildman–Crippen MR) is 86.3 cm³/mol. The molecule has 0 fully saturated rings. The molecule has 0 aromatic carbocycles. The highest BCUT2D eigenvalue weighted by atomic mass is 28.4. The van der Waals surface area contributed by atoms with Crippen LogP contribution in [0.15, 0.2) is 23.3 Å². The summed E-state index contributed by atoms with van der Waals surface area (Å²) in [5, 5.41) is 17.8. The fourth-order valence-corrected chi connectivity index (χ4v) is 4.95. The molecule has 0 unspecified atom stereocenters. The Hall–Kier alpha value is -1.28. The number of aliphatic hydroxyl groups excluding tert-OH is 1. The van der Waals surface area contributed by atoms with E-state index < -0.39 is 8.32 Å². The third kappa shape index (κ3) is 6.24. The van der Waals surface area contributed by atoms with Gasteiger partial charge in [0, 0.05) is 12.8 Å². The molecule has 0 radical (unpaired) electrons. The Morgan fingerprint density at radius 3 is 2.10 bits per heavy atom. The molecule has 1 N–H and O–H groups in total. The van der Waals surface area contributed by atoms with Gasteiger partial charge in [-0.05, 0) is 44.0 Å². The summed E-state index contributed by atoms with van der Waals surface area (Å²) in [7, 11) is -1.63. The topological polar surface area (TPSA) is 57.6 Å². The summed E-state index contributed by atoms with van der Waals surface area (Å²) in [6.07, 6.45) is 3.19. The van der Waals surface area contributed by atoms with Crippen LogP contribution in [0.5, 0.6) is 0 Å². The largest absolute Gasteiger partial charge is 0.547 e. The first-order valence-electron chi connectivity index (χ1n) is 7.52. The standard InChI is InChI=1S/C15H28N2O2Si/c1-6-20(7-2,8-3)19-15(13(4)5)11-9-10-14(18)12-17-16/h12H,6-11H2,1-5H3/p+1/b14-12-. The molecule has 0 bridgehead atoms. The summed E-state index contributed by atoms with van der Waals surface area (Å²) in [6, 6.07) is 3.39. The van der Waals surface area contributed by atoms with E-state index in [1.54, 1.807) is 0 Å². The third-order valence-electron chi connectivity index (χ3n) is 3.87. The molecule has 5 heteroatoms. The minimum atomic E-state index is -1.63. The molecule has 0 aromatic rings. The number of hydrogen-bond donors (Lipinski definition) is 1. The van der Waals surface area contributed by atoms with Gasteiger partial charge in [-0.2, -0.15) is 0 Å². The summed E-state index contributed by atoms with van der Waals surface area (Å²) in [4.78, 5) is 2.82. The quantitative estimate of drug-likeness (QED) is 0.336. The molecule has 0 aliphatic heterocycles. The van der Waals surface area contributed by atoms with Gasteiger partial charge in [0.2, 0.25) is 13.7 Å². The highest BCUT2D eigenvalue weighted by Gasteiger charge is 2.31. The van der Waals surface area contributed by atoms with Crippen molar-refractivity contribution in [2.24, 2.45) is 0 Å². The second-order valence-electron chi connectivity index (χ2n) is 5.36. The molecule has 0 saturated carbocycles. The maximum absolute atomic E-state index is 9.43. The van der Waals surface area contributed by atoms with Gasteiger partial charge in [0.05, 0.1) is 5.76 Å². The Balaban J connectivity index is 4.67. The van der Waals surface area contributed by atoms with Gasteiger partial charge in [0.1, 0.15) is 0 Å². The SMILES string of the molecule is CC[Si](CC)(CC)OC(CCC/C(O)=C/[N+]#N)=C(C)C. The molecule has 0 amide bonds. The van der Waals surface area contributed by atoms with Crippen LogP contribution in [-0.4, -0.2) is 13.4 Å². The molecule has 0 spiro atoms. The van der Waals surface area contributed by atoms with Crippen molar-refractivity contribution in [1.29, 1.82) is 5.39 Å². The van der Waals surface area contributed by atoms with Gasteiger partial charge in [0.15, 0.2) is 10.7 Å². The van der Waals surface area contributed by atoms with Crippen molar-refractivity contribution in [2.45, 2.75) is 72.0 Å². The van der Waals surface area contributed by atoms with Gasteiger partial charge in [-0.15, -0.1) is 0 Å². The molecule has 20 heavy (non-hydrogen) atoms. The van der Waals surface area contributed by atoms with E-state index in [0.717, 1.165) is 42.9 Å². The van der Waals surface area contributed by atoms with Crippen LogP contribution in [-0.2, 0) is 4.43 Å². The van der Waals surface area contributed by atoms with Crippen molar-refractivity contribution in [2.75, 3.05) is 0 Å². The molecule has 114 valence electrons.